The third kappa shape index (κ3) is 8.96. The molecule has 1 rings (SSSR count). The lowest BCUT2D eigenvalue weighted by atomic mass is 9.79. The predicted octanol–water partition coefficient (Wildman–Crippen LogP) is 3.73. The van der Waals surface area contributed by atoms with Crippen LogP contribution in [0.2, 0.25) is 0 Å². The minimum Gasteiger partial charge on any atom is -0.423 e. The largest absolute Gasteiger partial charge is 0.488 e. The molecule has 2 N–H and O–H groups in total. The number of benzene rings is 1. The molecule has 0 bridgehead atoms. The van der Waals surface area contributed by atoms with Crippen molar-refractivity contribution < 1.29 is 27.6 Å². The second kappa shape index (κ2) is 9.93. The van der Waals surface area contributed by atoms with Gasteiger partial charge < -0.3 is 10.0 Å². The number of hydrogen-bond donors (Lipinski definition) is 2. The maximum absolute atomic E-state index is 13.6. The molecular weight excluding hydrogens is 311 g/mol. The van der Waals surface area contributed by atoms with Gasteiger partial charge in [0.2, 0.25) is 0 Å². The van der Waals surface area contributed by atoms with Gasteiger partial charge in [-0.1, -0.05) is 44.2 Å². The molecule has 0 unspecified atom stereocenters. The van der Waals surface area contributed by atoms with Crippen LogP contribution in [0.5, 0.6) is 0 Å². The zero-order chi connectivity index (χ0) is 17.3. The van der Waals surface area contributed by atoms with Crippen molar-refractivity contribution in [3.63, 3.8) is 0 Å². The van der Waals surface area contributed by atoms with Crippen LogP contribution in [-0.2, 0) is 6.42 Å². The van der Waals surface area contributed by atoms with E-state index in [4.69, 9.17) is 10.0 Å². The summed E-state index contributed by atoms with van der Waals surface area (Å²) in [4.78, 5) is 0. The first-order chi connectivity index (χ1) is 10.8. The lowest BCUT2D eigenvalue weighted by molar-refractivity contribution is -0.135. The van der Waals surface area contributed by atoms with Crippen molar-refractivity contribution in [2.75, 3.05) is 0 Å². The molecule has 7 heteroatoms. The molecule has 0 atom stereocenters. The van der Waals surface area contributed by atoms with Crippen LogP contribution >= 0.6 is 0 Å². The second-order valence-corrected chi connectivity index (χ2v) is 5.81. The molecular formula is C16H23BF4O2. The fourth-order valence-electron chi connectivity index (χ4n) is 2.47. The highest BCUT2D eigenvalue weighted by atomic mass is 19.4. The van der Waals surface area contributed by atoms with E-state index in [1.807, 2.05) is 0 Å². The number of halogens is 4. The van der Waals surface area contributed by atoms with E-state index in [0.717, 1.165) is 32.1 Å². The van der Waals surface area contributed by atoms with Crippen molar-refractivity contribution in [3.05, 3.63) is 29.6 Å². The van der Waals surface area contributed by atoms with Crippen LogP contribution in [0.3, 0.4) is 0 Å². The first-order valence-corrected chi connectivity index (χ1v) is 8.01. The minimum atomic E-state index is -4.05. The summed E-state index contributed by atoms with van der Waals surface area (Å²) in [6.07, 6.45) is 0.757. The van der Waals surface area contributed by atoms with Crippen molar-refractivity contribution in [1.82, 2.24) is 0 Å². The van der Waals surface area contributed by atoms with Gasteiger partial charge in [0, 0.05) is 6.42 Å². The van der Waals surface area contributed by atoms with Gasteiger partial charge in [-0.15, -0.1) is 0 Å². The smallest absolute Gasteiger partial charge is 0.423 e. The molecule has 1 aromatic rings. The van der Waals surface area contributed by atoms with E-state index < -0.39 is 19.7 Å². The SMILES string of the molecule is OB(O)c1ccc(F)c(CCCCCCCCCC(F)(F)F)c1. The molecule has 0 fully saturated rings. The first-order valence-electron chi connectivity index (χ1n) is 8.01. The standard InChI is InChI=1S/C16H23BF4O2/c18-15-10-9-14(17(22)23)12-13(15)8-6-4-2-1-3-5-7-11-16(19,20)21/h9-10,12,22-23H,1-8,11H2. The topological polar surface area (TPSA) is 40.5 Å². The molecule has 0 spiro atoms. The molecule has 0 aliphatic heterocycles. The summed E-state index contributed by atoms with van der Waals surface area (Å²) in [5, 5.41) is 18.1. The number of hydrogen-bond acceptors (Lipinski definition) is 2. The fraction of sp³-hybridized carbons (Fsp3) is 0.625. The Labute approximate surface area is 134 Å². The van der Waals surface area contributed by atoms with Crippen LogP contribution in [0, 0.1) is 5.82 Å². The van der Waals surface area contributed by atoms with E-state index in [9.17, 15) is 17.6 Å². The highest BCUT2D eigenvalue weighted by Crippen LogP contribution is 2.23. The third-order valence-electron chi connectivity index (χ3n) is 3.77. The Bertz CT molecular complexity index is 464. The Morgan fingerprint density at radius 1 is 0.870 bits per heavy atom. The van der Waals surface area contributed by atoms with Gasteiger partial charge in [0.25, 0.3) is 0 Å². The molecule has 23 heavy (non-hydrogen) atoms. The molecule has 0 aromatic heterocycles. The van der Waals surface area contributed by atoms with Crippen LogP contribution in [0.1, 0.15) is 56.9 Å². The first kappa shape index (κ1) is 20.0. The molecule has 0 aliphatic rings. The molecule has 0 aliphatic carbocycles. The molecule has 0 saturated carbocycles. The maximum atomic E-state index is 13.6. The van der Waals surface area contributed by atoms with Crippen molar-refractivity contribution in [2.45, 2.75) is 64.0 Å². The molecule has 1 aromatic carbocycles. The van der Waals surface area contributed by atoms with Crippen molar-refractivity contribution >= 4 is 12.6 Å². The Morgan fingerprint density at radius 2 is 1.43 bits per heavy atom. The maximum Gasteiger partial charge on any atom is 0.488 e. The lowest BCUT2D eigenvalue weighted by Gasteiger charge is -2.07. The van der Waals surface area contributed by atoms with Gasteiger partial charge in [-0.2, -0.15) is 13.2 Å². The number of aryl methyl sites for hydroxylation is 1. The monoisotopic (exact) mass is 334 g/mol. The zero-order valence-corrected chi connectivity index (χ0v) is 13.1. The van der Waals surface area contributed by atoms with Gasteiger partial charge in [-0.05, 0) is 36.4 Å². The average molecular weight is 334 g/mol. The van der Waals surface area contributed by atoms with Crippen molar-refractivity contribution in [2.24, 2.45) is 0 Å². The third-order valence-corrected chi connectivity index (χ3v) is 3.77. The molecule has 0 amide bonds. The van der Waals surface area contributed by atoms with E-state index in [-0.39, 0.29) is 17.7 Å². The summed E-state index contributed by atoms with van der Waals surface area (Å²) < 4.78 is 49.4. The second-order valence-electron chi connectivity index (χ2n) is 5.81. The van der Waals surface area contributed by atoms with Gasteiger partial charge in [-0.25, -0.2) is 4.39 Å². The summed E-state index contributed by atoms with van der Waals surface area (Å²) in [7, 11) is -1.61. The Kier molecular flexibility index (Phi) is 8.62. The molecule has 130 valence electrons. The van der Waals surface area contributed by atoms with Crippen molar-refractivity contribution in [3.8, 4) is 0 Å². The predicted molar refractivity (Wildman–Crippen MR) is 82.9 cm³/mol. The zero-order valence-electron chi connectivity index (χ0n) is 13.1. The van der Waals surface area contributed by atoms with Gasteiger partial charge in [0.1, 0.15) is 5.82 Å². The number of rotatable bonds is 10. The quantitative estimate of drug-likeness (QED) is 0.389. The highest BCUT2D eigenvalue weighted by molar-refractivity contribution is 6.58. The summed E-state index contributed by atoms with van der Waals surface area (Å²) in [6.45, 7) is 0. The highest BCUT2D eigenvalue weighted by Gasteiger charge is 2.25. The summed E-state index contributed by atoms with van der Waals surface area (Å²) >= 11 is 0. The van der Waals surface area contributed by atoms with Gasteiger partial charge >= 0.3 is 13.3 Å². The fourth-order valence-corrected chi connectivity index (χ4v) is 2.47. The lowest BCUT2D eigenvalue weighted by Crippen LogP contribution is -2.30. The van der Waals surface area contributed by atoms with Crippen LogP contribution in [0.4, 0.5) is 17.6 Å². The molecule has 0 saturated heterocycles. The van der Waals surface area contributed by atoms with Crippen LogP contribution in [0.25, 0.3) is 0 Å². The van der Waals surface area contributed by atoms with Gasteiger partial charge in [-0.3, -0.25) is 0 Å². The summed E-state index contributed by atoms with van der Waals surface area (Å²) in [6, 6.07) is 4.02. The minimum absolute atomic E-state index is 0.186. The number of alkyl halides is 3. The Morgan fingerprint density at radius 3 is 2.00 bits per heavy atom. The van der Waals surface area contributed by atoms with E-state index in [1.165, 1.54) is 18.2 Å². The molecule has 2 nitrogen and oxygen atoms in total. The molecule has 0 radical (unpaired) electrons. The Balaban J connectivity index is 2.12. The van der Waals surface area contributed by atoms with Crippen LogP contribution in [0.15, 0.2) is 18.2 Å². The normalized spacial score (nSPS) is 11.7. The van der Waals surface area contributed by atoms with Crippen LogP contribution < -0.4 is 5.46 Å². The van der Waals surface area contributed by atoms with E-state index in [2.05, 4.69) is 0 Å². The van der Waals surface area contributed by atoms with E-state index in [1.54, 1.807) is 0 Å². The van der Waals surface area contributed by atoms with Gasteiger partial charge in [0.05, 0.1) is 0 Å². The average Bonchev–Trinajstić information content (AvgIpc) is 2.45. The molecule has 0 heterocycles. The summed E-state index contributed by atoms with van der Waals surface area (Å²) in [5.74, 6) is -0.360. The van der Waals surface area contributed by atoms with Gasteiger partial charge in [0.15, 0.2) is 0 Å². The van der Waals surface area contributed by atoms with E-state index in [0.29, 0.717) is 18.4 Å². The Hall–Kier alpha value is -1.08. The van der Waals surface area contributed by atoms with E-state index >= 15 is 0 Å². The van der Waals surface area contributed by atoms with Crippen LogP contribution in [-0.4, -0.2) is 23.3 Å². The number of unbranched alkanes of at least 4 members (excludes halogenated alkanes) is 6. The summed E-state index contributed by atoms with van der Waals surface area (Å²) in [5.41, 5.74) is 0.729. The van der Waals surface area contributed by atoms with Crippen molar-refractivity contribution in [1.29, 1.82) is 0 Å².